The van der Waals surface area contributed by atoms with Crippen molar-refractivity contribution in [2.24, 2.45) is 5.92 Å². The summed E-state index contributed by atoms with van der Waals surface area (Å²) in [7, 11) is 3.52. The molecule has 1 rings (SSSR count). The number of rotatable bonds is 7. The number of hydrogen-bond acceptors (Lipinski definition) is 3. The molecule has 5 heteroatoms. The maximum absolute atomic E-state index is 11.7. The lowest BCUT2D eigenvalue weighted by atomic mass is 10.1. The summed E-state index contributed by atoms with van der Waals surface area (Å²) in [4.78, 5) is 11.7. The largest absolute Gasteiger partial charge is 0.380 e. The van der Waals surface area contributed by atoms with E-state index < -0.39 is 0 Å². The number of halogens is 1. The summed E-state index contributed by atoms with van der Waals surface area (Å²) in [6.45, 7) is 3.79. The lowest BCUT2D eigenvalue weighted by Gasteiger charge is -2.11. The molecule has 1 amide bonds. The van der Waals surface area contributed by atoms with Gasteiger partial charge in [0.2, 0.25) is 5.91 Å². The molecule has 0 bridgehead atoms. The molecule has 0 aliphatic heterocycles. The maximum atomic E-state index is 11.7. The van der Waals surface area contributed by atoms with E-state index in [-0.39, 0.29) is 24.2 Å². The van der Waals surface area contributed by atoms with Crippen LogP contribution in [0.2, 0.25) is 0 Å². The fourth-order valence-electron chi connectivity index (χ4n) is 1.68. The zero-order valence-corrected chi connectivity index (χ0v) is 12.5. The predicted molar refractivity (Wildman–Crippen MR) is 79.3 cm³/mol. The lowest BCUT2D eigenvalue weighted by Crippen LogP contribution is -2.33. The Morgan fingerprint density at radius 1 is 1.26 bits per heavy atom. The minimum Gasteiger partial charge on any atom is -0.380 e. The molecule has 0 radical (unpaired) electrons. The SMILES string of the molecule is CNCC(C)C(=O)NCc1ccc(COC)cc1.Cl. The van der Waals surface area contributed by atoms with E-state index in [0.29, 0.717) is 19.7 Å². The van der Waals surface area contributed by atoms with Crippen LogP contribution in [-0.4, -0.2) is 26.6 Å². The molecule has 0 fully saturated rings. The summed E-state index contributed by atoms with van der Waals surface area (Å²) in [6, 6.07) is 8.05. The molecule has 2 N–H and O–H groups in total. The van der Waals surface area contributed by atoms with E-state index in [2.05, 4.69) is 10.6 Å². The zero-order valence-electron chi connectivity index (χ0n) is 11.7. The van der Waals surface area contributed by atoms with Crippen LogP contribution < -0.4 is 10.6 Å². The molecule has 0 saturated carbocycles. The van der Waals surface area contributed by atoms with Crippen LogP contribution in [0.5, 0.6) is 0 Å². The van der Waals surface area contributed by atoms with Gasteiger partial charge in [0.15, 0.2) is 0 Å². The molecule has 1 aromatic carbocycles. The van der Waals surface area contributed by atoms with Crippen LogP contribution in [0.4, 0.5) is 0 Å². The van der Waals surface area contributed by atoms with Crippen molar-refractivity contribution in [2.75, 3.05) is 20.7 Å². The minimum absolute atomic E-state index is 0. The number of methoxy groups -OCH3 is 1. The van der Waals surface area contributed by atoms with Gasteiger partial charge in [-0.1, -0.05) is 31.2 Å². The van der Waals surface area contributed by atoms with E-state index in [4.69, 9.17) is 4.74 Å². The highest BCUT2D eigenvalue weighted by Gasteiger charge is 2.10. The molecule has 0 aliphatic rings. The van der Waals surface area contributed by atoms with E-state index in [0.717, 1.165) is 11.1 Å². The molecule has 0 saturated heterocycles. The van der Waals surface area contributed by atoms with Crippen LogP contribution in [0.1, 0.15) is 18.1 Å². The Kier molecular flexibility index (Phi) is 9.21. The Morgan fingerprint density at radius 3 is 2.37 bits per heavy atom. The van der Waals surface area contributed by atoms with Gasteiger partial charge < -0.3 is 15.4 Å². The van der Waals surface area contributed by atoms with Crippen LogP contribution in [0.15, 0.2) is 24.3 Å². The van der Waals surface area contributed by atoms with Crippen LogP contribution in [-0.2, 0) is 22.7 Å². The summed E-state index contributed by atoms with van der Waals surface area (Å²) in [5.74, 6) is 0.0630. The Balaban J connectivity index is 0.00000324. The third-order valence-corrected chi connectivity index (χ3v) is 2.76. The number of nitrogens with one attached hydrogen (secondary N) is 2. The number of ether oxygens (including phenoxy) is 1. The number of carbonyl (C=O) groups excluding carboxylic acids is 1. The number of carbonyl (C=O) groups is 1. The van der Waals surface area contributed by atoms with Crippen molar-refractivity contribution in [1.82, 2.24) is 10.6 Å². The molecular formula is C14H23ClN2O2. The van der Waals surface area contributed by atoms with E-state index in [1.54, 1.807) is 7.11 Å². The Hall–Kier alpha value is -1.10. The minimum atomic E-state index is -0.0113. The summed E-state index contributed by atoms with van der Waals surface area (Å²) >= 11 is 0. The normalized spacial score (nSPS) is 11.5. The molecular weight excluding hydrogens is 264 g/mol. The second-order valence-corrected chi connectivity index (χ2v) is 4.43. The first-order chi connectivity index (χ1) is 8.67. The molecule has 1 aromatic rings. The van der Waals surface area contributed by atoms with Crippen molar-refractivity contribution in [3.63, 3.8) is 0 Å². The average Bonchev–Trinajstić information content (AvgIpc) is 2.38. The number of amides is 1. The standard InChI is InChI=1S/C14H22N2O2.ClH/c1-11(8-15-2)14(17)16-9-12-4-6-13(7-5-12)10-18-3;/h4-7,11,15H,8-10H2,1-3H3,(H,16,17);1H. The van der Waals surface area contributed by atoms with Gasteiger partial charge in [-0.2, -0.15) is 0 Å². The van der Waals surface area contributed by atoms with Gasteiger partial charge in [-0.15, -0.1) is 12.4 Å². The summed E-state index contributed by atoms with van der Waals surface area (Å²) in [6.07, 6.45) is 0. The summed E-state index contributed by atoms with van der Waals surface area (Å²) in [5, 5.41) is 5.92. The van der Waals surface area contributed by atoms with Gasteiger partial charge in [0.25, 0.3) is 0 Å². The number of hydrogen-bond donors (Lipinski definition) is 2. The van der Waals surface area contributed by atoms with Crippen LogP contribution in [0.3, 0.4) is 0 Å². The first-order valence-corrected chi connectivity index (χ1v) is 6.16. The molecule has 1 atom stereocenters. The van der Waals surface area contributed by atoms with Crippen molar-refractivity contribution in [2.45, 2.75) is 20.1 Å². The van der Waals surface area contributed by atoms with Gasteiger partial charge in [0.05, 0.1) is 6.61 Å². The van der Waals surface area contributed by atoms with E-state index in [1.165, 1.54) is 0 Å². The molecule has 1 unspecified atom stereocenters. The van der Waals surface area contributed by atoms with Crippen molar-refractivity contribution in [3.8, 4) is 0 Å². The van der Waals surface area contributed by atoms with Crippen LogP contribution in [0, 0.1) is 5.92 Å². The van der Waals surface area contributed by atoms with Gasteiger partial charge >= 0.3 is 0 Å². The topological polar surface area (TPSA) is 50.4 Å². The molecule has 0 aromatic heterocycles. The Labute approximate surface area is 121 Å². The lowest BCUT2D eigenvalue weighted by molar-refractivity contribution is -0.124. The highest BCUT2D eigenvalue weighted by Crippen LogP contribution is 2.05. The van der Waals surface area contributed by atoms with E-state index in [1.807, 2.05) is 38.2 Å². The summed E-state index contributed by atoms with van der Waals surface area (Å²) < 4.78 is 5.05. The van der Waals surface area contributed by atoms with Gasteiger partial charge in [-0.3, -0.25) is 4.79 Å². The maximum Gasteiger partial charge on any atom is 0.224 e. The second-order valence-electron chi connectivity index (χ2n) is 4.43. The third kappa shape index (κ3) is 6.57. The first-order valence-electron chi connectivity index (χ1n) is 6.16. The van der Waals surface area contributed by atoms with Crippen LogP contribution >= 0.6 is 12.4 Å². The Bertz CT molecular complexity index is 368. The predicted octanol–water partition coefficient (Wildman–Crippen LogP) is 1.73. The highest BCUT2D eigenvalue weighted by atomic mass is 35.5. The Morgan fingerprint density at radius 2 is 1.84 bits per heavy atom. The first kappa shape index (κ1) is 17.9. The highest BCUT2D eigenvalue weighted by molar-refractivity contribution is 5.85. The van der Waals surface area contributed by atoms with Gasteiger partial charge in [0, 0.05) is 26.1 Å². The quantitative estimate of drug-likeness (QED) is 0.803. The fourth-order valence-corrected chi connectivity index (χ4v) is 1.68. The van der Waals surface area contributed by atoms with E-state index >= 15 is 0 Å². The van der Waals surface area contributed by atoms with Crippen molar-refractivity contribution in [3.05, 3.63) is 35.4 Å². The number of benzene rings is 1. The average molecular weight is 287 g/mol. The third-order valence-electron chi connectivity index (χ3n) is 2.76. The van der Waals surface area contributed by atoms with Crippen molar-refractivity contribution >= 4 is 18.3 Å². The van der Waals surface area contributed by atoms with Crippen molar-refractivity contribution in [1.29, 1.82) is 0 Å². The molecule has 108 valence electrons. The van der Waals surface area contributed by atoms with Crippen molar-refractivity contribution < 1.29 is 9.53 Å². The zero-order chi connectivity index (χ0) is 13.4. The van der Waals surface area contributed by atoms with Crippen LogP contribution in [0.25, 0.3) is 0 Å². The molecule has 0 aliphatic carbocycles. The molecule has 0 heterocycles. The monoisotopic (exact) mass is 286 g/mol. The molecule has 19 heavy (non-hydrogen) atoms. The smallest absolute Gasteiger partial charge is 0.224 e. The van der Waals surface area contributed by atoms with E-state index in [9.17, 15) is 4.79 Å². The molecule has 0 spiro atoms. The summed E-state index contributed by atoms with van der Waals surface area (Å²) in [5.41, 5.74) is 2.23. The second kappa shape index (κ2) is 9.78. The molecule has 4 nitrogen and oxygen atoms in total. The van der Waals surface area contributed by atoms with Gasteiger partial charge in [-0.25, -0.2) is 0 Å². The fraction of sp³-hybridized carbons (Fsp3) is 0.500. The van der Waals surface area contributed by atoms with Gasteiger partial charge in [-0.05, 0) is 18.2 Å². The van der Waals surface area contributed by atoms with Gasteiger partial charge in [0.1, 0.15) is 0 Å².